The first-order valence-electron chi connectivity index (χ1n) is 10.4. The van der Waals surface area contributed by atoms with Crippen molar-refractivity contribution in [3.05, 3.63) is 46.3 Å². The van der Waals surface area contributed by atoms with Gasteiger partial charge in [-0.05, 0) is 88.0 Å². The number of aromatic nitrogens is 1. The van der Waals surface area contributed by atoms with E-state index in [1.165, 1.54) is 25.7 Å². The van der Waals surface area contributed by atoms with E-state index in [0.717, 1.165) is 34.3 Å². The summed E-state index contributed by atoms with van der Waals surface area (Å²) in [7, 11) is 0. The van der Waals surface area contributed by atoms with Crippen LogP contribution in [0.4, 0.5) is 0 Å². The molecule has 2 saturated carbocycles. The predicted octanol–water partition coefficient (Wildman–Crippen LogP) is 4.73. The summed E-state index contributed by atoms with van der Waals surface area (Å²) in [4.78, 5) is 12.9. The van der Waals surface area contributed by atoms with Crippen molar-refractivity contribution in [1.29, 1.82) is 0 Å². The van der Waals surface area contributed by atoms with E-state index >= 15 is 0 Å². The Hall–Kier alpha value is -2.30. The molecule has 2 bridgehead atoms. The summed E-state index contributed by atoms with van der Waals surface area (Å²) in [6.07, 6.45) is 5.26. The molecule has 0 aliphatic heterocycles. The number of hydrogen-bond donors (Lipinski definition) is 1. The number of ether oxygens (including phenoxy) is 1. The minimum atomic E-state index is -0.161. The van der Waals surface area contributed by atoms with Crippen molar-refractivity contribution >= 4 is 5.91 Å². The van der Waals surface area contributed by atoms with Gasteiger partial charge in [-0.25, -0.2) is 0 Å². The van der Waals surface area contributed by atoms with Crippen molar-refractivity contribution in [1.82, 2.24) is 10.5 Å². The largest absolute Gasteiger partial charge is 0.489 e. The molecule has 1 heterocycles. The Morgan fingerprint density at radius 1 is 1.21 bits per heavy atom. The van der Waals surface area contributed by atoms with E-state index in [9.17, 15) is 4.79 Å². The number of nitrogens with zero attached hydrogens (tertiary/aromatic N) is 1. The quantitative estimate of drug-likeness (QED) is 0.784. The van der Waals surface area contributed by atoms with Crippen LogP contribution < -0.4 is 10.1 Å². The molecule has 4 atom stereocenters. The maximum Gasteiger partial charge on any atom is 0.274 e. The Labute approximate surface area is 166 Å². The summed E-state index contributed by atoms with van der Waals surface area (Å²) in [6, 6.07) is 6.25. The smallest absolute Gasteiger partial charge is 0.274 e. The lowest BCUT2D eigenvalue weighted by atomic mass is 9.84. The van der Waals surface area contributed by atoms with Crippen LogP contribution in [0.2, 0.25) is 0 Å². The molecule has 5 heteroatoms. The average molecular weight is 383 g/mol. The summed E-state index contributed by atoms with van der Waals surface area (Å²) in [5.41, 5.74) is 3.36. The molecular formula is C23H30N2O3. The van der Waals surface area contributed by atoms with Gasteiger partial charge in [0.25, 0.3) is 5.91 Å². The standard InChI is InChI=1S/C23H30N2O3/c1-13-7-14(2)9-19(8-13)27-12-21-16(4)28-25-22(21)23(26)24-15(3)20-11-17-5-6-18(20)10-17/h7-9,15,17-18,20H,5-6,10-12H2,1-4H3,(H,24,26). The zero-order valence-electron chi connectivity index (χ0n) is 17.2. The van der Waals surface area contributed by atoms with Gasteiger partial charge in [-0.1, -0.05) is 17.6 Å². The molecule has 2 aromatic rings. The van der Waals surface area contributed by atoms with Gasteiger partial charge in [0.05, 0.1) is 5.56 Å². The maximum absolute atomic E-state index is 12.9. The molecular weight excluding hydrogens is 352 g/mol. The molecule has 150 valence electrons. The number of fused-ring (bicyclic) bond motifs is 2. The van der Waals surface area contributed by atoms with E-state index in [2.05, 4.69) is 23.5 Å². The van der Waals surface area contributed by atoms with Crippen LogP contribution in [0.25, 0.3) is 0 Å². The third-order valence-corrected chi connectivity index (χ3v) is 6.57. The molecule has 2 aliphatic rings. The third kappa shape index (κ3) is 3.80. The lowest BCUT2D eigenvalue weighted by Gasteiger charge is -2.28. The summed E-state index contributed by atoms with van der Waals surface area (Å²) >= 11 is 0. The van der Waals surface area contributed by atoms with Gasteiger partial charge in [-0.3, -0.25) is 4.79 Å². The Morgan fingerprint density at radius 3 is 2.61 bits per heavy atom. The van der Waals surface area contributed by atoms with Gasteiger partial charge < -0.3 is 14.6 Å². The second kappa shape index (κ2) is 7.61. The second-order valence-electron chi connectivity index (χ2n) is 8.78. The first-order chi connectivity index (χ1) is 13.4. The van der Waals surface area contributed by atoms with E-state index in [0.29, 0.717) is 17.4 Å². The topological polar surface area (TPSA) is 64.4 Å². The molecule has 5 nitrogen and oxygen atoms in total. The number of rotatable bonds is 6. The number of hydrogen-bond acceptors (Lipinski definition) is 4. The Kier molecular flexibility index (Phi) is 5.17. The van der Waals surface area contributed by atoms with Gasteiger partial charge in [0.1, 0.15) is 18.1 Å². The van der Waals surface area contributed by atoms with Crippen LogP contribution in [-0.4, -0.2) is 17.1 Å². The summed E-state index contributed by atoms with van der Waals surface area (Å²) in [6.45, 7) is 8.30. The van der Waals surface area contributed by atoms with E-state index in [1.54, 1.807) is 0 Å². The third-order valence-electron chi connectivity index (χ3n) is 6.57. The fourth-order valence-electron chi connectivity index (χ4n) is 5.20. The van der Waals surface area contributed by atoms with Gasteiger partial charge in [0, 0.05) is 6.04 Å². The molecule has 4 unspecified atom stereocenters. The normalized spacial score (nSPS) is 24.4. The molecule has 2 fully saturated rings. The Bertz CT molecular complexity index is 852. The van der Waals surface area contributed by atoms with Crippen LogP contribution in [0.3, 0.4) is 0 Å². The highest BCUT2D eigenvalue weighted by molar-refractivity contribution is 5.94. The maximum atomic E-state index is 12.9. The molecule has 2 aliphatic carbocycles. The van der Waals surface area contributed by atoms with Crippen molar-refractivity contribution in [2.24, 2.45) is 17.8 Å². The molecule has 0 radical (unpaired) electrons. The zero-order valence-corrected chi connectivity index (χ0v) is 17.2. The minimum absolute atomic E-state index is 0.160. The summed E-state index contributed by atoms with van der Waals surface area (Å²) in [5.74, 6) is 3.48. The van der Waals surface area contributed by atoms with Crippen LogP contribution in [-0.2, 0) is 6.61 Å². The zero-order chi connectivity index (χ0) is 19.8. The van der Waals surface area contributed by atoms with Crippen molar-refractivity contribution in [2.75, 3.05) is 0 Å². The van der Waals surface area contributed by atoms with Crippen molar-refractivity contribution in [2.45, 2.75) is 66.0 Å². The minimum Gasteiger partial charge on any atom is -0.489 e. The summed E-state index contributed by atoms with van der Waals surface area (Å²) in [5, 5.41) is 7.20. The molecule has 1 aromatic heterocycles. The van der Waals surface area contributed by atoms with E-state index in [-0.39, 0.29) is 18.6 Å². The van der Waals surface area contributed by atoms with E-state index in [1.807, 2.05) is 32.9 Å². The average Bonchev–Trinajstić information content (AvgIpc) is 3.34. The van der Waals surface area contributed by atoms with Crippen LogP contribution in [0.5, 0.6) is 5.75 Å². The van der Waals surface area contributed by atoms with Gasteiger partial charge in [0.2, 0.25) is 0 Å². The fraction of sp³-hybridized carbons (Fsp3) is 0.565. The Morgan fingerprint density at radius 2 is 1.96 bits per heavy atom. The number of amides is 1. The van der Waals surface area contributed by atoms with Crippen molar-refractivity contribution in [3.63, 3.8) is 0 Å². The molecule has 0 saturated heterocycles. The SMILES string of the molecule is Cc1cc(C)cc(OCc2c(C(=O)NC(C)C3CC4CCC3C4)noc2C)c1. The van der Waals surface area contributed by atoms with Crippen LogP contribution in [0.15, 0.2) is 22.7 Å². The Balaban J connectivity index is 1.42. The first-order valence-corrected chi connectivity index (χ1v) is 10.4. The van der Waals surface area contributed by atoms with Crippen LogP contribution >= 0.6 is 0 Å². The highest BCUT2D eigenvalue weighted by Gasteiger charge is 2.42. The highest BCUT2D eigenvalue weighted by Crippen LogP contribution is 2.49. The monoisotopic (exact) mass is 382 g/mol. The summed E-state index contributed by atoms with van der Waals surface area (Å²) < 4.78 is 11.3. The predicted molar refractivity (Wildman–Crippen MR) is 107 cm³/mol. The number of carbonyl (C=O) groups excluding carboxylic acids is 1. The second-order valence-corrected chi connectivity index (χ2v) is 8.78. The number of nitrogens with one attached hydrogen (secondary N) is 1. The lowest BCUT2D eigenvalue weighted by molar-refractivity contribution is 0.0904. The number of aryl methyl sites for hydroxylation is 3. The molecule has 1 N–H and O–H groups in total. The number of benzene rings is 1. The number of carbonyl (C=O) groups is 1. The molecule has 4 rings (SSSR count). The van der Waals surface area contributed by atoms with Gasteiger partial charge in [-0.15, -0.1) is 0 Å². The lowest BCUT2D eigenvalue weighted by Crippen LogP contribution is -2.40. The van der Waals surface area contributed by atoms with Crippen LogP contribution in [0, 0.1) is 38.5 Å². The van der Waals surface area contributed by atoms with Crippen molar-refractivity contribution < 1.29 is 14.1 Å². The van der Waals surface area contributed by atoms with Crippen LogP contribution in [0.1, 0.15) is 65.5 Å². The molecule has 1 amide bonds. The first kappa shape index (κ1) is 19.0. The molecule has 0 spiro atoms. The van der Waals surface area contributed by atoms with Crippen molar-refractivity contribution in [3.8, 4) is 5.75 Å². The van der Waals surface area contributed by atoms with E-state index in [4.69, 9.17) is 9.26 Å². The van der Waals surface area contributed by atoms with Gasteiger partial charge in [-0.2, -0.15) is 0 Å². The van der Waals surface area contributed by atoms with Gasteiger partial charge >= 0.3 is 0 Å². The fourth-order valence-corrected chi connectivity index (χ4v) is 5.20. The molecule has 28 heavy (non-hydrogen) atoms. The van der Waals surface area contributed by atoms with Gasteiger partial charge in [0.15, 0.2) is 5.69 Å². The molecule has 1 aromatic carbocycles. The highest BCUT2D eigenvalue weighted by atomic mass is 16.5. The van der Waals surface area contributed by atoms with E-state index < -0.39 is 0 Å².